The third kappa shape index (κ3) is 3.97. The predicted octanol–water partition coefficient (Wildman–Crippen LogP) is 3.76. The van der Waals surface area contributed by atoms with Crippen LogP contribution in [0.25, 0.3) is 16.5 Å². The number of nitrogens with one attached hydrogen (secondary N) is 1. The van der Waals surface area contributed by atoms with Crippen molar-refractivity contribution in [3.05, 3.63) is 62.9 Å². The number of rotatable bonds is 5. The molecule has 0 saturated heterocycles. The highest BCUT2D eigenvalue weighted by atomic mass is 32.1. The van der Waals surface area contributed by atoms with Gasteiger partial charge in [0.1, 0.15) is 5.00 Å². The van der Waals surface area contributed by atoms with Crippen molar-refractivity contribution in [3.63, 3.8) is 0 Å². The molecule has 0 radical (unpaired) electrons. The van der Waals surface area contributed by atoms with Gasteiger partial charge in [0, 0.05) is 10.8 Å². The molecule has 2 aromatic heterocycles. The first-order valence-electron chi connectivity index (χ1n) is 9.10. The van der Waals surface area contributed by atoms with Gasteiger partial charge in [0.2, 0.25) is 5.91 Å². The average Bonchev–Trinajstić information content (AvgIpc) is 3.09. The maximum absolute atomic E-state index is 13.3. The van der Waals surface area contributed by atoms with Crippen LogP contribution in [-0.4, -0.2) is 28.3 Å². The molecular formula is C21H21N3O4S. The molecule has 7 nitrogen and oxygen atoms in total. The topological polar surface area (TPSA) is 90.3 Å². The van der Waals surface area contributed by atoms with Gasteiger partial charge in [0.05, 0.1) is 17.7 Å². The Morgan fingerprint density at radius 3 is 2.69 bits per heavy atom. The first-order chi connectivity index (χ1) is 13.9. The molecule has 150 valence electrons. The van der Waals surface area contributed by atoms with Crippen molar-refractivity contribution < 1.29 is 14.3 Å². The van der Waals surface area contributed by atoms with Gasteiger partial charge in [-0.05, 0) is 57.0 Å². The summed E-state index contributed by atoms with van der Waals surface area (Å²) in [6, 6.07) is 5.48. The molecule has 1 aromatic carbocycles. The average molecular weight is 411 g/mol. The van der Waals surface area contributed by atoms with Gasteiger partial charge in [-0.3, -0.25) is 9.59 Å². The van der Waals surface area contributed by atoms with Gasteiger partial charge in [-0.1, -0.05) is 12.1 Å². The molecule has 0 unspecified atom stereocenters. The molecule has 29 heavy (non-hydrogen) atoms. The summed E-state index contributed by atoms with van der Waals surface area (Å²) in [6.45, 7) is 7.50. The molecule has 0 atom stereocenters. The number of hydrogen-bond donors (Lipinski definition) is 1. The van der Waals surface area contributed by atoms with Crippen molar-refractivity contribution in [2.45, 2.75) is 27.7 Å². The molecule has 1 N–H and O–H groups in total. The molecule has 0 aliphatic carbocycles. The smallest absolute Gasteiger partial charge is 0.359 e. The van der Waals surface area contributed by atoms with E-state index < -0.39 is 11.5 Å². The standard InChI is InChI=1S/C21H21N3O4S/c1-5-7-16(25)22-19-17-15(11-29-19)18(21(27)28-6-2)23-24(20(17)26)14-9-8-12(3)13(4)10-14/h5,7-11H,6H2,1-4H3,(H,22,25)/b7-5+. The molecule has 0 saturated carbocycles. The molecule has 0 fully saturated rings. The van der Waals surface area contributed by atoms with Gasteiger partial charge in [-0.15, -0.1) is 11.3 Å². The number of ether oxygens (including phenoxy) is 1. The van der Waals surface area contributed by atoms with Crippen molar-refractivity contribution >= 4 is 39.0 Å². The number of thiophene rings is 1. The van der Waals surface area contributed by atoms with Gasteiger partial charge >= 0.3 is 5.97 Å². The number of aromatic nitrogens is 2. The fourth-order valence-electron chi connectivity index (χ4n) is 2.83. The monoisotopic (exact) mass is 411 g/mol. The summed E-state index contributed by atoms with van der Waals surface area (Å²) in [5.74, 6) is -0.984. The summed E-state index contributed by atoms with van der Waals surface area (Å²) in [5, 5.41) is 9.57. The SMILES string of the molecule is C/C=C/C(=O)Nc1scc2c(C(=O)OCC)nn(-c3ccc(C)c(C)c3)c(=O)c12. The van der Waals surface area contributed by atoms with Crippen LogP contribution >= 0.6 is 11.3 Å². The van der Waals surface area contributed by atoms with E-state index in [1.165, 1.54) is 10.8 Å². The highest BCUT2D eigenvalue weighted by molar-refractivity contribution is 7.16. The quantitative estimate of drug-likeness (QED) is 0.510. The van der Waals surface area contributed by atoms with Gasteiger partial charge in [-0.2, -0.15) is 9.78 Å². The van der Waals surface area contributed by atoms with Crippen LogP contribution < -0.4 is 10.9 Å². The number of amides is 1. The van der Waals surface area contributed by atoms with Gasteiger partial charge in [0.15, 0.2) is 5.69 Å². The number of esters is 1. The summed E-state index contributed by atoms with van der Waals surface area (Å²) in [4.78, 5) is 37.8. The number of nitrogens with zero attached hydrogens (tertiary/aromatic N) is 2. The van der Waals surface area contributed by atoms with E-state index >= 15 is 0 Å². The maximum atomic E-state index is 13.3. The Kier molecular flexibility index (Phi) is 5.93. The number of aryl methyl sites for hydroxylation is 2. The zero-order valence-electron chi connectivity index (χ0n) is 16.6. The minimum Gasteiger partial charge on any atom is -0.461 e. The number of fused-ring (bicyclic) bond motifs is 1. The van der Waals surface area contributed by atoms with Crippen LogP contribution in [0.4, 0.5) is 5.00 Å². The van der Waals surface area contributed by atoms with Crippen LogP contribution in [-0.2, 0) is 9.53 Å². The van der Waals surface area contributed by atoms with Crippen molar-refractivity contribution in [1.29, 1.82) is 0 Å². The number of carbonyl (C=O) groups is 2. The lowest BCUT2D eigenvalue weighted by molar-refractivity contribution is -0.111. The van der Waals surface area contributed by atoms with E-state index in [4.69, 9.17) is 4.74 Å². The fraction of sp³-hybridized carbons (Fsp3) is 0.238. The molecule has 0 aliphatic rings. The second kappa shape index (κ2) is 8.40. The Morgan fingerprint density at radius 1 is 1.28 bits per heavy atom. The molecule has 0 spiro atoms. The Morgan fingerprint density at radius 2 is 2.03 bits per heavy atom. The van der Waals surface area contributed by atoms with Crippen molar-refractivity contribution in [1.82, 2.24) is 9.78 Å². The number of benzene rings is 1. The normalized spacial score (nSPS) is 11.2. The van der Waals surface area contributed by atoms with E-state index in [2.05, 4.69) is 10.4 Å². The van der Waals surface area contributed by atoms with Crippen LogP contribution in [0.2, 0.25) is 0 Å². The maximum Gasteiger partial charge on any atom is 0.359 e. The second-order valence-electron chi connectivity index (χ2n) is 6.40. The Labute approximate surface area is 171 Å². The number of hydrogen-bond acceptors (Lipinski definition) is 6. The molecule has 3 rings (SSSR count). The molecule has 0 aliphatic heterocycles. The highest BCUT2D eigenvalue weighted by Crippen LogP contribution is 2.30. The molecule has 8 heteroatoms. The zero-order chi connectivity index (χ0) is 21.1. The number of anilines is 1. The third-order valence-corrected chi connectivity index (χ3v) is 5.31. The molecular weight excluding hydrogens is 390 g/mol. The van der Waals surface area contributed by atoms with Crippen molar-refractivity contribution in [3.8, 4) is 5.69 Å². The van der Waals surface area contributed by atoms with E-state index in [1.807, 2.05) is 26.0 Å². The summed E-state index contributed by atoms with van der Waals surface area (Å²) in [6.07, 6.45) is 2.96. The lowest BCUT2D eigenvalue weighted by Crippen LogP contribution is -2.25. The van der Waals surface area contributed by atoms with Crippen molar-refractivity contribution in [2.75, 3.05) is 11.9 Å². The lowest BCUT2D eigenvalue weighted by atomic mass is 10.1. The summed E-state index contributed by atoms with van der Waals surface area (Å²) in [5.41, 5.74) is 2.20. The van der Waals surface area contributed by atoms with E-state index in [0.29, 0.717) is 16.1 Å². The van der Waals surface area contributed by atoms with Crippen LogP contribution in [0.5, 0.6) is 0 Å². The summed E-state index contributed by atoms with van der Waals surface area (Å²) < 4.78 is 6.31. The first kappa shape index (κ1) is 20.5. The van der Waals surface area contributed by atoms with Gasteiger partial charge in [0.25, 0.3) is 5.56 Å². The zero-order valence-corrected chi connectivity index (χ0v) is 17.4. The van der Waals surface area contributed by atoms with Crippen LogP contribution in [0.1, 0.15) is 35.5 Å². The first-order valence-corrected chi connectivity index (χ1v) is 9.98. The van der Waals surface area contributed by atoms with E-state index in [1.54, 1.807) is 31.4 Å². The molecule has 0 bridgehead atoms. The van der Waals surface area contributed by atoms with E-state index in [0.717, 1.165) is 22.5 Å². The Bertz CT molecular complexity index is 1190. The Hall–Kier alpha value is -3.26. The van der Waals surface area contributed by atoms with Crippen LogP contribution in [0, 0.1) is 13.8 Å². The molecule has 3 aromatic rings. The van der Waals surface area contributed by atoms with Crippen LogP contribution in [0.3, 0.4) is 0 Å². The number of carbonyl (C=O) groups excluding carboxylic acids is 2. The lowest BCUT2D eigenvalue weighted by Gasteiger charge is -2.11. The van der Waals surface area contributed by atoms with Crippen LogP contribution in [0.15, 0.2) is 40.5 Å². The minimum absolute atomic E-state index is 0.0301. The minimum atomic E-state index is -0.626. The highest BCUT2D eigenvalue weighted by Gasteiger charge is 2.23. The third-order valence-electron chi connectivity index (χ3n) is 4.41. The fourth-order valence-corrected chi connectivity index (χ4v) is 3.77. The second-order valence-corrected chi connectivity index (χ2v) is 7.28. The summed E-state index contributed by atoms with van der Waals surface area (Å²) >= 11 is 1.16. The Balaban J connectivity index is 2.29. The predicted molar refractivity (Wildman–Crippen MR) is 114 cm³/mol. The number of allylic oxidation sites excluding steroid dienone is 1. The summed E-state index contributed by atoms with van der Waals surface area (Å²) in [7, 11) is 0. The largest absolute Gasteiger partial charge is 0.461 e. The molecule has 2 heterocycles. The van der Waals surface area contributed by atoms with Gasteiger partial charge in [-0.25, -0.2) is 4.79 Å². The van der Waals surface area contributed by atoms with Crippen molar-refractivity contribution in [2.24, 2.45) is 0 Å². The van der Waals surface area contributed by atoms with E-state index in [-0.39, 0.29) is 23.6 Å². The van der Waals surface area contributed by atoms with Gasteiger partial charge < -0.3 is 10.1 Å². The molecule has 1 amide bonds. The van der Waals surface area contributed by atoms with E-state index in [9.17, 15) is 14.4 Å².